The molecule has 1 aromatic heterocycles. The number of hydrogen-bond donors (Lipinski definition) is 0. The van der Waals surface area contributed by atoms with E-state index < -0.39 is 0 Å². The summed E-state index contributed by atoms with van der Waals surface area (Å²) in [7, 11) is 0. The van der Waals surface area contributed by atoms with Crippen LogP contribution in [0.25, 0.3) is 0 Å². The lowest BCUT2D eigenvalue weighted by Gasteiger charge is -2.20. The monoisotopic (exact) mass is 299 g/mol. The van der Waals surface area contributed by atoms with Crippen LogP contribution in [0.1, 0.15) is 25.5 Å². The summed E-state index contributed by atoms with van der Waals surface area (Å²) in [5.74, 6) is 0.809. The van der Waals surface area contributed by atoms with Crippen molar-refractivity contribution >= 4 is 11.6 Å². The van der Waals surface area contributed by atoms with Gasteiger partial charge in [0.05, 0.1) is 12.8 Å². The zero-order valence-corrected chi connectivity index (χ0v) is 12.5. The smallest absolute Gasteiger partial charge is 0.251 e. The van der Waals surface area contributed by atoms with Gasteiger partial charge in [0.25, 0.3) is 5.91 Å². The second kappa shape index (κ2) is 6.18. The van der Waals surface area contributed by atoms with E-state index in [0.29, 0.717) is 23.9 Å². The summed E-state index contributed by atoms with van der Waals surface area (Å²) in [5.41, 5.74) is 1.76. The summed E-state index contributed by atoms with van der Waals surface area (Å²) in [4.78, 5) is 14.2. The van der Waals surface area contributed by atoms with Crippen LogP contribution in [0, 0.1) is 11.7 Å². The molecule has 1 fully saturated rings. The van der Waals surface area contributed by atoms with Crippen LogP contribution in [0.5, 0.6) is 0 Å². The van der Waals surface area contributed by atoms with Crippen LogP contribution in [0.4, 0.5) is 10.1 Å². The lowest BCUT2D eigenvalue weighted by molar-refractivity contribution is -0.114. The molecule has 4 heteroatoms. The van der Waals surface area contributed by atoms with Gasteiger partial charge in [-0.3, -0.25) is 4.79 Å². The normalized spacial score (nSPS) is 14.9. The van der Waals surface area contributed by atoms with Gasteiger partial charge in [-0.2, -0.15) is 0 Å². The molecule has 3 rings (SSSR count). The van der Waals surface area contributed by atoms with E-state index in [4.69, 9.17) is 4.42 Å². The Morgan fingerprint density at radius 3 is 2.64 bits per heavy atom. The van der Waals surface area contributed by atoms with Crippen molar-refractivity contribution in [2.45, 2.75) is 26.3 Å². The topological polar surface area (TPSA) is 33.5 Å². The maximum Gasteiger partial charge on any atom is 0.251 e. The lowest BCUT2D eigenvalue weighted by Crippen LogP contribution is -2.28. The second-order valence-electron chi connectivity index (χ2n) is 5.64. The zero-order valence-electron chi connectivity index (χ0n) is 12.5. The Kier molecular flexibility index (Phi) is 4.09. The lowest BCUT2D eigenvalue weighted by atomic mass is 10.1. The maximum atomic E-state index is 13.1. The highest BCUT2D eigenvalue weighted by atomic mass is 19.1. The van der Waals surface area contributed by atoms with Crippen molar-refractivity contribution in [1.82, 2.24) is 0 Å². The number of nitrogens with zero attached hydrogens (tertiary/aromatic N) is 1. The fourth-order valence-electron chi connectivity index (χ4n) is 2.41. The van der Waals surface area contributed by atoms with Gasteiger partial charge in [-0.25, -0.2) is 4.39 Å². The summed E-state index contributed by atoms with van der Waals surface area (Å²) in [6.07, 6.45) is 5.58. The molecule has 2 aromatic rings. The van der Waals surface area contributed by atoms with Gasteiger partial charge in [0.15, 0.2) is 0 Å². The maximum absolute atomic E-state index is 13.1. The first-order valence-electron chi connectivity index (χ1n) is 7.41. The molecular weight excluding hydrogens is 281 g/mol. The average molecular weight is 299 g/mol. The Bertz CT molecular complexity index is 670. The molecule has 0 spiro atoms. The van der Waals surface area contributed by atoms with Crippen LogP contribution in [-0.2, 0) is 11.3 Å². The van der Waals surface area contributed by atoms with Crippen LogP contribution in [0.15, 0.2) is 58.7 Å². The summed E-state index contributed by atoms with van der Waals surface area (Å²) in [6.45, 7) is 2.32. The molecule has 0 aliphatic heterocycles. The molecule has 0 bridgehead atoms. The van der Waals surface area contributed by atoms with E-state index in [9.17, 15) is 9.18 Å². The predicted octanol–water partition coefficient (Wildman–Crippen LogP) is 4.31. The molecule has 1 aromatic carbocycles. The van der Waals surface area contributed by atoms with Gasteiger partial charge in [-0.15, -0.1) is 0 Å². The fourth-order valence-corrected chi connectivity index (χ4v) is 2.41. The van der Waals surface area contributed by atoms with E-state index in [0.717, 1.165) is 18.4 Å². The average Bonchev–Trinajstić information content (AvgIpc) is 3.23. The summed E-state index contributed by atoms with van der Waals surface area (Å²) >= 11 is 0. The molecule has 1 aliphatic rings. The Hall–Kier alpha value is -2.36. The third-order valence-electron chi connectivity index (χ3n) is 3.87. The Labute approximate surface area is 129 Å². The number of carbonyl (C=O) groups excluding carboxylic acids is 1. The SMILES string of the molecule is C/C(=C\C(=O)N(Cc1ccco1)c1ccc(F)cc1)C1CC1. The minimum absolute atomic E-state index is 0.104. The predicted molar refractivity (Wildman–Crippen MR) is 82.8 cm³/mol. The molecule has 0 atom stereocenters. The van der Waals surface area contributed by atoms with E-state index in [1.54, 1.807) is 35.4 Å². The molecule has 22 heavy (non-hydrogen) atoms. The quantitative estimate of drug-likeness (QED) is 0.771. The molecule has 1 saturated carbocycles. The number of rotatable bonds is 5. The number of amides is 1. The van der Waals surface area contributed by atoms with E-state index >= 15 is 0 Å². The standard InChI is InChI=1S/C18H18FNO2/c1-13(14-4-5-14)11-18(21)20(12-17-3-2-10-22-17)16-8-6-15(19)7-9-16/h2-3,6-11,14H,4-5,12H2,1H3/b13-11+. The van der Waals surface area contributed by atoms with Gasteiger partial charge < -0.3 is 9.32 Å². The fraction of sp³-hybridized carbons (Fsp3) is 0.278. The van der Waals surface area contributed by atoms with Crippen molar-refractivity contribution in [3.8, 4) is 0 Å². The van der Waals surface area contributed by atoms with Gasteiger partial charge in [0.1, 0.15) is 11.6 Å². The van der Waals surface area contributed by atoms with Crippen molar-refractivity contribution in [3.63, 3.8) is 0 Å². The van der Waals surface area contributed by atoms with Crippen molar-refractivity contribution in [2.24, 2.45) is 5.92 Å². The molecule has 1 amide bonds. The molecule has 0 unspecified atom stereocenters. The molecule has 114 valence electrons. The minimum atomic E-state index is -0.321. The van der Waals surface area contributed by atoms with Crippen LogP contribution < -0.4 is 4.90 Å². The molecule has 3 nitrogen and oxygen atoms in total. The van der Waals surface area contributed by atoms with Crippen LogP contribution in [0.2, 0.25) is 0 Å². The minimum Gasteiger partial charge on any atom is -0.467 e. The first-order valence-corrected chi connectivity index (χ1v) is 7.41. The largest absolute Gasteiger partial charge is 0.467 e. The van der Waals surface area contributed by atoms with E-state index in [-0.39, 0.29) is 11.7 Å². The van der Waals surface area contributed by atoms with Crippen molar-refractivity contribution in [2.75, 3.05) is 4.90 Å². The van der Waals surface area contributed by atoms with Crippen LogP contribution >= 0.6 is 0 Å². The molecule has 0 N–H and O–H groups in total. The van der Waals surface area contributed by atoms with Gasteiger partial charge in [-0.1, -0.05) is 5.57 Å². The first-order chi connectivity index (χ1) is 10.6. The van der Waals surface area contributed by atoms with Crippen LogP contribution in [0.3, 0.4) is 0 Å². The number of hydrogen-bond acceptors (Lipinski definition) is 2. The third-order valence-corrected chi connectivity index (χ3v) is 3.87. The molecule has 1 aliphatic carbocycles. The van der Waals surface area contributed by atoms with E-state index in [2.05, 4.69) is 0 Å². The molecule has 0 saturated heterocycles. The van der Waals surface area contributed by atoms with Crippen molar-refractivity contribution < 1.29 is 13.6 Å². The summed E-state index contributed by atoms with van der Waals surface area (Å²) in [6, 6.07) is 9.53. The highest BCUT2D eigenvalue weighted by Gasteiger charge is 2.25. The number of anilines is 1. The Morgan fingerprint density at radius 1 is 1.32 bits per heavy atom. The zero-order chi connectivity index (χ0) is 15.5. The first kappa shape index (κ1) is 14.6. The van der Waals surface area contributed by atoms with E-state index in [1.807, 2.05) is 13.0 Å². The number of allylic oxidation sites excluding steroid dienone is 1. The number of carbonyl (C=O) groups is 1. The van der Waals surface area contributed by atoms with Crippen molar-refractivity contribution in [1.29, 1.82) is 0 Å². The Morgan fingerprint density at radius 2 is 2.05 bits per heavy atom. The van der Waals surface area contributed by atoms with Crippen molar-refractivity contribution in [3.05, 3.63) is 65.9 Å². The summed E-state index contributed by atoms with van der Waals surface area (Å²) < 4.78 is 18.5. The van der Waals surface area contributed by atoms with Gasteiger partial charge >= 0.3 is 0 Å². The molecule has 1 heterocycles. The van der Waals surface area contributed by atoms with Crippen LogP contribution in [-0.4, -0.2) is 5.91 Å². The van der Waals surface area contributed by atoms with E-state index in [1.165, 1.54) is 12.1 Å². The molecule has 0 radical (unpaired) electrons. The van der Waals surface area contributed by atoms with Gasteiger partial charge in [0.2, 0.25) is 0 Å². The van der Waals surface area contributed by atoms with Gasteiger partial charge in [-0.05, 0) is 62.1 Å². The highest BCUT2D eigenvalue weighted by Crippen LogP contribution is 2.36. The number of benzene rings is 1. The summed E-state index contributed by atoms with van der Waals surface area (Å²) in [5, 5.41) is 0. The Balaban J connectivity index is 1.86. The second-order valence-corrected chi connectivity index (χ2v) is 5.64. The number of furan rings is 1. The molecular formula is C18H18FNO2. The highest BCUT2D eigenvalue weighted by molar-refractivity contribution is 6.01. The number of halogens is 1. The third kappa shape index (κ3) is 3.45. The van der Waals surface area contributed by atoms with Gasteiger partial charge in [0, 0.05) is 11.8 Å².